The molecule has 0 aliphatic rings. The van der Waals surface area contributed by atoms with Gasteiger partial charge in [-0.1, -0.05) is 20.8 Å². The summed E-state index contributed by atoms with van der Waals surface area (Å²) in [4.78, 5) is 0. The Bertz CT molecular complexity index is 1080. The van der Waals surface area contributed by atoms with E-state index < -0.39 is 0 Å². The van der Waals surface area contributed by atoms with Gasteiger partial charge in [-0.05, 0) is 100 Å². The first-order chi connectivity index (χ1) is 15.9. The van der Waals surface area contributed by atoms with Gasteiger partial charge in [0.15, 0.2) is 0 Å². The molecule has 0 amide bonds. The third-order valence-electron chi connectivity index (χ3n) is 6.01. The summed E-state index contributed by atoms with van der Waals surface area (Å²) < 4.78 is 9.04. The summed E-state index contributed by atoms with van der Waals surface area (Å²) in [5.41, 5.74) is 8.34. The van der Waals surface area contributed by atoms with Crippen molar-refractivity contribution in [2.75, 3.05) is 0 Å². The van der Waals surface area contributed by atoms with E-state index in [1.807, 2.05) is 51.2 Å². The van der Waals surface area contributed by atoms with Gasteiger partial charge in [0, 0.05) is 18.6 Å². The Balaban J connectivity index is 1.94. The van der Waals surface area contributed by atoms with Crippen molar-refractivity contribution in [1.29, 1.82) is 0 Å². The van der Waals surface area contributed by atoms with E-state index in [4.69, 9.17) is 0 Å². The van der Waals surface area contributed by atoms with E-state index in [-0.39, 0.29) is 0 Å². The van der Waals surface area contributed by atoms with Crippen molar-refractivity contribution in [3.63, 3.8) is 0 Å². The van der Waals surface area contributed by atoms with Gasteiger partial charge in [0.1, 0.15) is 0 Å². The van der Waals surface area contributed by atoms with Crippen molar-refractivity contribution < 1.29 is 0 Å². The van der Waals surface area contributed by atoms with E-state index in [0.29, 0.717) is 0 Å². The Kier molecular flexibility index (Phi) is 7.91. The molecule has 0 aliphatic heterocycles. The second kappa shape index (κ2) is 10.7. The lowest BCUT2D eigenvalue weighted by molar-refractivity contribution is 0.637. The number of halogens is 3. The third-order valence-corrected chi connectivity index (χ3v) is 7.24. The maximum atomic E-state index is 4.56. The van der Waals surface area contributed by atoms with Gasteiger partial charge in [-0.3, -0.25) is 14.0 Å². The summed E-state index contributed by atoms with van der Waals surface area (Å²) in [7, 11) is 0. The number of nitrogens with zero attached hydrogens (tertiary/aromatic N) is 6. The minimum absolute atomic E-state index is 0.744. The predicted octanol–water partition coefficient (Wildman–Crippen LogP) is 6.40. The van der Waals surface area contributed by atoms with Crippen molar-refractivity contribution in [3.8, 4) is 0 Å². The number of hydrogen-bond donors (Lipinski definition) is 0. The van der Waals surface area contributed by atoms with Crippen molar-refractivity contribution in [2.45, 2.75) is 59.7 Å². The van der Waals surface area contributed by atoms with Crippen LogP contribution in [0, 0.1) is 0 Å². The number of rotatable bonds is 9. The SMILES string of the molecule is CCc1c(Cn2cc(Br)cn2)c(CC)c(Cn2cc(Br)cn2)c(CC)c1Cn1cc(Br)cn1. The lowest BCUT2D eigenvalue weighted by atomic mass is 9.83. The van der Waals surface area contributed by atoms with E-state index >= 15 is 0 Å². The van der Waals surface area contributed by atoms with Gasteiger partial charge >= 0.3 is 0 Å². The zero-order valence-electron chi connectivity index (χ0n) is 19.0. The highest BCUT2D eigenvalue weighted by atomic mass is 79.9. The van der Waals surface area contributed by atoms with Crippen LogP contribution in [0.4, 0.5) is 0 Å². The lowest BCUT2D eigenvalue weighted by Gasteiger charge is -2.26. The molecule has 4 rings (SSSR count). The maximum Gasteiger partial charge on any atom is 0.0665 e. The molecular weight excluding hydrogens is 612 g/mol. The minimum atomic E-state index is 0.744. The van der Waals surface area contributed by atoms with Crippen LogP contribution in [0.5, 0.6) is 0 Å². The van der Waals surface area contributed by atoms with Crippen LogP contribution in [0.15, 0.2) is 50.6 Å². The highest BCUT2D eigenvalue weighted by Crippen LogP contribution is 2.33. The zero-order chi connectivity index (χ0) is 23.5. The van der Waals surface area contributed by atoms with Gasteiger partial charge in [0.2, 0.25) is 0 Å². The molecule has 33 heavy (non-hydrogen) atoms. The topological polar surface area (TPSA) is 53.5 Å². The van der Waals surface area contributed by atoms with Crippen molar-refractivity contribution >= 4 is 47.8 Å². The fraction of sp³-hybridized carbons (Fsp3) is 0.375. The van der Waals surface area contributed by atoms with Gasteiger partial charge in [0.25, 0.3) is 0 Å². The van der Waals surface area contributed by atoms with Gasteiger partial charge in [-0.25, -0.2) is 0 Å². The Hall–Kier alpha value is -1.71. The smallest absolute Gasteiger partial charge is 0.0665 e. The fourth-order valence-corrected chi connectivity index (χ4v) is 5.69. The molecule has 0 bridgehead atoms. The van der Waals surface area contributed by atoms with Crippen LogP contribution < -0.4 is 0 Å². The predicted molar refractivity (Wildman–Crippen MR) is 142 cm³/mol. The van der Waals surface area contributed by atoms with Crippen molar-refractivity contribution in [1.82, 2.24) is 29.3 Å². The number of hydrogen-bond acceptors (Lipinski definition) is 3. The van der Waals surface area contributed by atoms with E-state index in [0.717, 1.165) is 52.3 Å². The fourth-order valence-electron chi connectivity index (χ4n) is 4.71. The molecule has 1 aromatic carbocycles. The van der Waals surface area contributed by atoms with E-state index in [2.05, 4.69) is 83.9 Å². The molecule has 0 unspecified atom stereocenters. The Morgan fingerprint density at radius 3 is 0.970 bits per heavy atom. The summed E-state index contributed by atoms with van der Waals surface area (Å²) in [6.45, 7) is 8.99. The van der Waals surface area contributed by atoms with Crippen LogP contribution >= 0.6 is 47.8 Å². The molecule has 6 nitrogen and oxygen atoms in total. The van der Waals surface area contributed by atoms with E-state index in [9.17, 15) is 0 Å². The number of benzene rings is 1. The minimum Gasteiger partial charge on any atom is -0.267 e. The summed E-state index contributed by atoms with van der Waals surface area (Å²) in [6, 6.07) is 0. The second-order valence-corrected chi connectivity index (χ2v) is 10.7. The van der Waals surface area contributed by atoms with Crippen molar-refractivity contribution in [3.05, 3.63) is 84.0 Å². The summed E-state index contributed by atoms with van der Waals surface area (Å²) in [5, 5.41) is 13.7. The molecule has 174 valence electrons. The zero-order valence-corrected chi connectivity index (χ0v) is 23.8. The Labute approximate surface area is 219 Å². The normalized spacial score (nSPS) is 11.5. The molecule has 0 radical (unpaired) electrons. The molecule has 0 atom stereocenters. The van der Waals surface area contributed by atoms with Gasteiger partial charge in [-0.2, -0.15) is 15.3 Å². The van der Waals surface area contributed by atoms with Crippen LogP contribution in [0.1, 0.15) is 54.2 Å². The van der Waals surface area contributed by atoms with Gasteiger partial charge in [0.05, 0.1) is 51.6 Å². The molecule has 4 aromatic rings. The molecular formula is C24H27Br3N6. The first-order valence-electron chi connectivity index (χ1n) is 11.1. The molecule has 3 aromatic heterocycles. The first-order valence-corrected chi connectivity index (χ1v) is 13.5. The number of aromatic nitrogens is 6. The summed E-state index contributed by atoms with van der Waals surface area (Å²) >= 11 is 10.6. The molecule has 0 saturated heterocycles. The largest absolute Gasteiger partial charge is 0.267 e. The van der Waals surface area contributed by atoms with Crippen LogP contribution in [0.25, 0.3) is 0 Å². The van der Waals surface area contributed by atoms with Crippen LogP contribution in [-0.4, -0.2) is 29.3 Å². The third kappa shape index (κ3) is 5.35. The van der Waals surface area contributed by atoms with Gasteiger partial charge < -0.3 is 0 Å². The van der Waals surface area contributed by atoms with Gasteiger partial charge in [-0.15, -0.1) is 0 Å². The van der Waals surface area contributed by atoms with Crippen LogP contribution in [-0.2, 0) is 38.9 Å². The first kappa shape index (κ1) is 24.4. The van der Waals surface area contributed by atoms with Crippen LogP contribution in [0.3, 0.4) is 0 Å². The summed E-state index contributed by atoms with van der Waals surface area (Å²) in [6.07, 6.45) is 14.6. The quantitative estimate of drug-likeness (QED) is 0.213. The Morgan fingerprint density at radius 1 is 0.515 bits per heavy atom. The molecule has 0 saturated carbocycles. The highest BCUT2D eigenvalue weighted by molar-refractivity contribution is 9.11. The lowest BCUT2D eigenvalue weighted by Crippen LogP contribution is -2.19. The van der Waals surface area contributed by atoms with E-state index in [1.54, 1.807) is 0 Å². The molecule has 3 heterocycles. The van der Waals surface area contributed by atoms with Crippen LogP contribution in [0.2, 0.25) is 0 Å². The Morgan fingerprint density at radius 2 is 0.788 bits per heavy atom. The average molecular weight is 639 g/mol. The molecule has 0 N–H and O–H groups in total. The monoisotopic (exact) mass is 636 g/mol. The molecule has 0 fully saturated rings. The molecule has 9 heteroatoms. The highest BCUT2D eigenvalue weighted by Gasteiger charge is 2.23. The average Bonchev–Trinajstić information content (AvgIpc) is 3.50. The second-order valence-electron chi connectivity index (χ2n) is 8.00. The van der Waals surface area contributed by atoms with E-state index in [1.165, 1.54) is 33.4 Å². The van der Waals surface area contributed by atoms with Crippen molar-refractivity contribution in [2.24, 2.45) is 0 Å². The summed E-state index contributed by atoms with van der Waals surface area (Å²) in [5.74, 6) is 0. The maximum absolute atomic E-state index is 4.56. The molecule has 0 spiro atoms. The standard InChI is InChI=1S/C24H27Br3N6/c1-4-19-22(13-31-10-16(25)7-28-31)20(5-2)24(15-33-12-18(27)9-30-33)21(6-3)23(19)14-32-11-17(26)8-29-32/h7-12H,4-6,13-15H2,1-3H3. The molecule has 0 aliphatic carbocycles.